The van der Waals surface area contributed by atoms with Gasteiger partial charge < -0.3 is 20.1 Å². The number of aliphatic imine (C=N–C) groups is 1. The monoisotopic (exact) mass is 315 g/mol. The molecule has 0 bridgehead atoms. The number of guanidine groups is 1. The lowest BCUT2D eigenvalue weighted by Crippen LogP contribution is -2.41. The van der Waals surface area contributed by atoms with Crippen LogP contribution in [0.2, 0.25) is 0 Å². The van der Waals surface area contributed by atoms with Crippen molar-refractivity contribution in [1.82, 2.24) is 10.6 Å². The minimum atomic E-state index is 0.244. The first-order chi connectivity index (χ1) is 11.4. The zero-order chi connectivity index (χ0) is 15.9. The minimum absolute atomic E-state index is 0.244. The van der Waals surface area contributed by atoms with Crippen LogP contribution in [0.15, 0.2) is 40.9 Å². The highest BCUT2D eigenvalue weighted by Crippen LogP contribution is 2.31. The number of benzene rings is 1. The van der Waals surface area contributed by atoms with Crippen molar-refractivity contribution in [2.24, 2.45) is 4.99 Å². The van der Waals surface area contributed by atoms with E-state index in [1.54, 1.807) is 0 Å². The molecule has 1 aromatic rings. The first-order valence-electron chi connectivity index (χ1n) is 8.31. The van der Waals surface area contributed by atoms with Crippen molar-refractivity contribution in [3.8, 4) is 5.75 Å². The molecule has 0 radical (unpaired) electrons. The minimum Gasteiger partial charge on any atom is -0.493 e. The van der Waals surface area contributed by atoms with Crippen LogP contribution in [0, 0.1) is 0 Å². The summed E-state index contributed by atoms with van der Waals surface area (Å²) in [4.78, 5) is 4.35. The second-order valence-electron chi connectivity index (χ2n) is 5.81. The number of ether oxygens (including phenoxy) is 2. The summed E-state index contributed by atoms with van der Waals surface area (Å²) in [7, 11) is 1.81. The van der Waals surface area contributed by atoms with Gasteiger partial charge in [-0.1, -0.05) is 29.8 Å². The lowest BCUT2D eigenvalue weighted by Gasteiger charge is -2.28. The molecule has 1 unspecified atom stereocenters. The first kappa shape index (κ1) is 15.9. The number of hydrogen-bond donors (Lipinski definition) is 2. The number of rotatable bonds is 4. The van der Waals surface area contributed by atoms with Crippen LogP contribution in [0.5, 0.6) is 5.75 Å². The maximum Gasteiger partial charge on any atom is 0.191 e. The summed E-state index contributed by atoms with van der Waals surface area (Å²) in [5.74, 6) is 1.82. The molecule has 3 rings (SSSR count). The highest BCUT2D eigenvalue weighted by atomic mass is 16.5. The van der Waals surface area contributed by atoms with Crippen LogP contribution in [0.1, 0.15) is 30.9 Å². The quantitative estimate of drug-likeness (QED) is 0.509. The molecule has 1 atom stereocenters. The smallest absolute Gasteiger partial charge is 0.191 e. The SMILES string of the molecule is CN=C(NCCC1=CCOCC1)NC1CCOc2ccccc21. The Morgan fingerprint density at radius 2 is 2.22 bits per heavy atom. The molecular weight excluding hydrogens is 290 g/mol. The van der Waals surface area contributed by atoms with E-state index in [2.05, 4.69) is 33.8 Å². The predicted octanol–water partition coefficient (Wildman–Crippen LogP) is 2.41. The lowest BCUT2D eigenvalue weighted by atomic mass is 10.0. The molecule has 124 valence electrons. The predicted molar refractivity (Wildman–Crippen MR) is 91.9 cm³/mol. The van der Waals surface area contributed by atoms with Crippen molar-refractivity contribution in [2.45, 2.75) is 25.3 Å². The second kappa shape index (κ2) is 8.02. The van der Waals surface area contributed by atoms with Crippen LogP contribution in [-0.2, 0) is 4.74 Å². The van der Waals surface area contributed by atoms with Gasteiger partial charge in [-0.25, -0.2) is 0 Å². The van der Waals surface area contributed by atoms with E-state index in [1.807, 2.05) is 19.2 Å². The van der Waals surface area contributed by atoms with Gasteiger partial charge in [-0.2, -0.15) is 0 Å². The van der Waals surface area contributed by atoms with Crippen LogP contribution in [0.25, 0.3) is 0 Å². The van der Waals surface area contributed by atoms with Crippen molar-refractivity contribution in [3.05, 3.63) is 41.5 Å². The van der Waals surface area contributed by atoms with E-state index < -0.39 is 0 Å². The van der Waals surface area contributed by atoms with E-state index in [-0.39, 0.29) is 6.04 Å². The molecule has 5 heteroatoms. The molecule has 0 fully saturated rings. The Morgan fingerprint density at radius 1 is 1.30 bits per heavy atom. The summed E-state index contributed by atoms with van der Waals surface area (Å²) in [6.45, 7) is 3.22. The fraction of sp³-hybridized carbons (Fsp3) is 0.500. The van der Waals surface area contributed by atoms with Crippen LogP contribution in [-0.4, -0.2) is 39.4 Å². The summed E-state index contributed by atoms with van der Waals surface area (Å²) < 4.78 is 11.0. The Bertz CT molecular complexity index is 583. The zero-order valence-corrected chi connectivity index (χ0v) is 13.7. The zero-order valence-electron chi connectivity index (χ0n) is 13.7. The molecule has 0 saturated carbocycles. The summed E-state index contributed by atoms with van der Waals surface area (Å²) in [6, 6.07) is 8.45. The Balaban J connectivity index is 1.53. The van der Waals surface area contributed by atoms with E-state index in [0.717, 1.165) is 57.3 Å². The van der Waals surface area contributed by atoms with Gasteiger partial charge in [-0.15, -0.1) is 0 Å². The fourth-order valence-electron chi connectivity index (χ4n) is 2.99. The van der Waals surface area contributed by atoms with Gasteiger partial charge in [-0.3, -0.25) is 4.99 Å². The van der Waals surface area contributed by atoms with E-state index in [1.165, 1.54) is 11.1 Å². The van der Waals surface area contributed by atoms with Crippen molar-refractivity contribution in [2.75, 3.05) is 33.4 Å². The van der Waals surface area contributed by atoms with Crippen molar-refractivity contribution >= 4 is 5.96 Å². The Hall–Kier alpha value is -2.01. The molecular formula is C18H25N3O2. The molecule has 0 aromatic heterocycles. The summed E-state index contributed by atoms with van der Waals surface area (Å²) in [5, 5.41) is 6.93. The summed E-state index contributed by atoms with van der Waals surface area (Å²) >= 11 is 0. The van der Waals surface area contributed by atoms with E-state index in [0.29, 0.717) is 0 Å². The molecule has 2 aliphatic rings. The Morgan fingerprint density at radius 3 is 3.04 bits per heavy atom. The molecule has 0 aliphatic carbocycles. The van der Waals surface area contributed by atoms with Crippen molar-refractivity contribution < 1.29 is 9.47 Å². The lowest BCUT2D eigenvalue weighted by molar-refractivity contribution is 0.153. The van der Waals surface area contributed by atoms with E-state index in [4.69, 9.17) is 9.47 Å². The van der Waals surface area contributed by atoms with Gasteiger partial charge in [0.15, 0.2) is 5.96 Å². The third kappa shape index (κ3) is 4.26. The third-order valence-corrected chi connectivity index (χ3v) is 4.29. The highest BCUT2D eigenvalue weighted by molar-refractivity contribution is 5.80. The first-order valence-corrected chi connectivity index (χ1v) is 8.31. The molecule has 23 heavy (non-hydrogen) atoms. The normalized spacial score (nSPS) is 21.0. The fourth-order valence-corrected chi connectivity index (χ4v) is 2.99. The number of fused-ring (bicyclic) bond motifs is 1. The number of nitrogens with one attached hydrogen (secondary N) is 2. The third-order valence-electron chi connectivity index (χ3n) is 4.29. The van der Waals surface area contributed by atoms with Gasteiger partial charge in [0.2, 0.25) is 0 Å². The molecule has 0 spiro atoms. The van der Waals surface area contributed by atoms with Crippen LogP contribution in [0.4, 0.5) is 0 Å². The molecule has 1 aromatic carbocycles. The Labute approximate surface area is 137 Å². The van der Waals surface area contributed by atoms with Gasteiger partial charge in [-0.05, 0) is 18.9 Å². The summed E-state index contributed by atoms with van der Waals surface area (Å²) in [5.41, 5.74) is 2.67. The second-order valence-corrected chi connectivity index (χ2v) is 5.81. The van der Waals surface area contributed by atoms with Crippen LogP contribution >= 0.6 is 0 Å². The maximum atomic E-state index is 5.71. The average molecular weight is 315 g/mol. The molecule has 2 N–H and O–H groups in total. The molecule has 0 amide bonds. The standard InChI is InChI=1S/C18H25N3O2/c1-19-18(20-10-6-14-7-11-22-12-8-14)21-16-9-13-23-17-5-3-2-4-15(16)17/h2-5,7,16H,6,8-13H2,1H3,(H2,19,20,21). The molecule has 0 saturated heterocycles. The van der Waals surface area contributed by atoms with Crippen molar-refractivity contribution in [1.29, 1.82) is 0 Å². The van der Waals surface area contributed by atoms with E-state index in [9.17, 15) is 0 Å². The maximum absolute atomic E-state index is 5.71. The highest BCUT2D eigenvalue weighted by Gasteiger charge is 2.21. The van der Waals surface area contributed by atoms with Gasteiger partial charge in [0.05, 0.1) is 25.9 Å². The van der Waals surface area contributed by atoms with Gasteiger partial charge in [0.25, 0.3) is 0 Å². The number of hydrogen-bond acceptors (Lipinski definition) is 3. The number of nitrogens with zero attached hydrogens (tertiary/aromatic N) is 1. The van der Waals surface area contributed by atoms with Crippen LogP contribution in [0.3, 0.4) is 0 Å². The topological polar surface area (TPSA) is 54.9 Å². The largest absolute Gasteiger partial charge is 0.493 e. The van der Waals surface area contributed by atoms with Gasteiger partial charge in [0.1, 0.15) is 5.75 Å². The average Bonchev–Trinajstić information content (AvgIpc) is 2.62. The molecule has 2 aliphatic heterocycles. The van der Waals surface area contributed by atoms with Crippen LogP contribution < -0.4 is 15.4 Å². The summed E-state index contributed by atoms with van der Waals surface area (Å²) in [6.07, 6.45) is 5.21. The molecule has 5 nitrogen and oxygen atoms in total. The number of para-hydroxylation sites is 1. The van der Waals surface area contributed by atoms with E-state index >= 15 is 0 Å². The van der Waals surface area contributed by atoms with Gasteiger partial charge >= 0.3 is 0 Å². The molecule has 2 heterocycles. The van der Waals surface area contributed by atoms with Crippen molar-refractivity contribution in [3.63, 3.8) is 0 Å². The Kier molecular flexibility index (Phi) is 5.53. The van der Waals surface area contributed by atoms with Gasteiger partial charge in [0, 0.05) is 25.6 Å².